The van der Waals surface area contributed by atoms with Crippen LogP contribution in [0.25, 0.3) is 11.0 Å². The molecule has 2 aromatic heterocycles. The first kappa shape index (κ1) is 15.8. The number of hydrogen-bond acceptors (Lipinski definition) is 4. The van der Waals surface area contributed by atoms with Crippen LogP contribution >= 0.6 is 0 Å². The van der Waals surface area contributed by atoms with Crippen LogP contribution in [0.2, 0.25) is 0 Å². The van der Waals surface area contributed by atoms with Gasteiger partial charge < -0.3 is 10.3 Å². The van der Waals surface area contributed by atoms with Crippen LogP contribution in [0.1, 0.15) is 28.8 Å². The highest BCUT2D eigenvalue weighted by Crippen LogP contribution is 2.26. The molecule has 0 radical (unpaired) electrons. The van der Waals surface area contributed by atoms with Crippen molar-refractivity contribution in [1.82, 2.24) is 9.97 Å². The van der Waals surface area contributed by atoms with Crippen LogP contribution in [-0.4, -0.2) is 30.0 Å². The SMILES string of the molecule is O=C(Nc1ccnc2[nH]ccc12)c1ccc2c(c1)S(=O)(=O)CCCC2. The van der Waals surface area contributed by atoms with Gasteiger partial charge >= 0.3 is 0 Å². The van der Waals surface area contributed by atoms with Crippen LogP contribution in [0.3, 0.4) is 0 Å². The standard InChI is InChI=1S/C18H17N3O3S/c22-18(21-15-7-9-20-17-14(15)6-8-19-17)13-5-4-12-3-1-2-10-25(23,24)16(12)11-13/h4-9,11H,1-3,10H2,(H2,19,20,21,22). The fourth-order valence-electron chi connectivity index (χ4n) is 3.17. The Balaban J connectivity index is 1.69. The molecule has 1 amide bonds. The number of nitrogens with zero attached hydrogens (tertiary/aromatic N) is 1. The second kappa shape index (κ2) is 6.00. The lowest BCUT2D eigenvalue weighted by atomic mass is 10.1. The van der Waals surface area contributed by atoms with Gasteiger partial charge in [-0.15, -0.1) is 0 Å². The molecule has 0 bridgehead atoms. The van der Waals surface area contributed by atoms with E-state index < -0.39 is 9.84 Å². The maximum absolute atomic E-state index is 12.6. The Bertz CT molecular complexity index is 1070. The summed E-state index contributed by atoms with van der Waals surface area (Å²) in [5.74, 6) is -0.199. The Labute approximate surface area is 145 Å². The van der Waals surface area contributed by atoms with Crippen molar-refractivity contribution in [1.29, 1.82) is 0 Å². The number of benzene rings is 1. The third kappa shape index (κ3) is 2.91. The molecule has 0 saturated heterocycles. The summed E-state index contributed by atoms with van der Waals surface area (Å²) in [6, 6.07) is 8.49. The number of amides is 1. The van der Waals surface area contributed by atoms with Gasteiger partial charge in [-0.25, -0.2) is 13.4 Å². The fourth-order valence-corrected chi connectivity index (χ4v) is 4.85. The van der Waals surface area contributed by atoms with Crippen molar-refractivity contribution < 1.29 is 13.2 Å². The topological polar surface area (TPSA) is 91.9 Å². The van der Waals surface area contributed by atoms with Crippen molar-refractivity contribution in [2.45, 2.75) is 24.2 Å². The molecule has 3 heterocycles. The summed E-state index contributed by atoms with van der Waals surface area (Å²) < 4.78 is 24.8. The van der Waals surface area contributed by atoms with E-state index in [2.05, 4.69) is 15.3 Å². The van der Waals surface area contributed by atoms with Crippen LogP contribution in [-0.2, 0) is 16.3 Å². The summed E-state index contributed by atoms with van der Waals surface area (Å²) >= 11 is 0. The van der Waals surface area contributed by atoms with E-state index in [1.165, 1.54) is 6.07 Å². The van der Waals surface area contributed by atoms with Crippen LogP contribution in [0.15, 0.2) is 47.6 Å². The van der Waals surface area contributed by atoms with E-state index in [9.17, 15) is 13.2 Å². The number of rotatable bonds is 2. The highest BCUT2D eigenvalue weighted by molar-refractivity contribution is 7.91. The maximum Gasteiger partial charge on any atom is 0.255 e. The number of carbonyl (C=O) groups is 1. The number of H-pyrrole nitrogens is 1. The number of aryl methyl sites for hydroxylation is 1. The largest absolute Gasteiger partial charge is 0.346 e. The summed E-state index contributed by atoms with van der Waals surface area (Å²) in [5, 5.41) is 3.65. The molecule has 6 nitrogen and oxygen atoms in total. The zero-order valence-electron chi connectivity index (χ0n) is 13.5. The highest BCUT2D eigenvalue weighted by atomic mass is 32.2. The molecule has 3 aromatic rings. The smallest absolute Gasteiger partial charge is 0.255 e. The zero-order chi connectivity index (χ0) is 17.4. The summed E-state index contributed by atoms with van der Waals surface area (Å²) in [6.07, 6.45) is 5.59. The number of nitrogens with one attached hydrogen (secondary N) is 2. The summed E-state index contributed by atoms with van der Waals surface area (Å²) in [4.78, 5) is 20.1. The van der Waals surface area contributed by atoms with Crippen molar-refractivity contribution in [3.8, 4) is 0 Å². The van der Waals surface area contributed by atoms with Crippen molar-refractivity contribution >= 4 is 32.5 Å². The molecule has 1 aliphatic rings. The van der Waals surface area contributed by atoms with Crippen LogP contribution in [0.4, 0.5) is 5.69 Å². The molecule has 1 aliphatic heterocycles. The van der Waals surface area contributed by atoms with E-state index in [0.717, 1.165) is 23.8 Å². The van der Waals surface area contributed by atoms with E-state index in [0.29, 0.717) is 28.2 Å². The van der Waals surface area contributed by atoms with Gasteiger partial charge in [-0.2, -0.15) is 0 Å². The maximum atomic E-state index is 12.6. The van der Waals surface area contributed by atoms with E-state index in [-0.39, 0.29) is 11.7 Å². The molecule has 4 rings (SSSR count). The molecule has 25 heavy (non-hydrogen) atoms. The van der Waals surface area contributed by atoms with Crippen molar-refractivity contribution in [2.24, 2.45) is 0 Å². The van der Waals surface area contributed by atoms with E-state index >= 15 is 0 Å². The van der Waals surface area contributed by atoms with Gasteiger partial charge in [0, 0.05) is 23.3 Å². The molecule has 0 spiro atoms. The van der Waals surface area contributed by atoms with Gasteiger partial charge in [0.2, 0.25) is 0 Å². The van der Waals surface area contributed by atoms with Crippen LogP contribution < -0.4 is 5.32 Å². The zero-order valence-corrected chi connectivity index (χ0v) is 14.3. The predicted molar refractivity (Wildman–Crippen MR) is 95.5 cm³/mol. The van der Waals surface area contributed by atoms with Gasteiger partial charge in [0.1, 0.15) is 5.65 Å². The molecular formula is C18H17N3O3S. The molecule has 1 aromatic carbocycles. The fraction of sp³-hybridized carbons (Fsp3) is 0.222. The van der Waals surface area contributed by atoms with Gasteiger partial charge in [-0.1, -0.05) is 6.07 Å². The molecule has 128 valence electrons. The number of aromatic nitrogens is 2. The number of hydrogen-bond donors (Lipinski definition) is 2. The van der Waals surface area contributed by atoms with Crippen LogP contribution in [0.5, 0.6) is 0 Å². The lowest BCUT2D eigenvalue weighted by Crippen LogP contribution is -2.14. The van der Waals surface area contributed by atoms with E-state index in [1.807, 2.05) is 6.07 Å². The van der Waals surface area contributed by atoms with Gasteiger partial charge in [0.25, 0.3) is 5.91 Å². The first-order valence-corrected chi connectivity index (χ1v) is 9.79. The average molecular weight is 355 g/mol. The molecule has 2 N–H and O–H groups in total. The first-order chi connectivity index (χ1) is 12.0. The summed E-state index contributed by atoms with van der Waals surface area (Å²) in [6.45, 7) is 0. The van der Waals surface area contributed by atoms with Crippen LogP contribution in [0, 0.1) is 0 Å². The Morgan fingerprint density at radius 1 is 1.16 bits per heavy atom. The first-order valence-electron chi connectivity index (χ1n) is 8.14. The monoisotopic (exact) mass is 355 g/mol. The summed E-state index contributed by atoms with van der Waals surface area (Å²) in [7, 11) is -3.33. The number of fused-ring (bicyclic) bond motifs is 2. The minimum absolute atomic E-state index is 0.138. The highest BCUT2D eigenvalue weighted by Gasteiger charge is 2.23. The number of sulfone groups is 1. The van der Waals surface area contributed by atoms with Gasteiger partial charge in [-0.05, 0) is 49.1 Å². The normalized spacial score (nSPS) is 16.2. The van der Waals surface area contributed by atoms with Crippen molar-refractivity contribution in [3.63, 3.8) is 0 Å². The van der Waals surface area contributed by atoms with E-state index in [1.54, 1.807) is 30.6 Å². The van der Waals surface area contributed by atoms with Gasteiger partial charge in [-0.3, -0.25) is 4.79 Å². The molecule has 0 aliphatic carbocycles. The molecular weight excluding hydrogens is 338 g/mol. The third-order valence-electron chi connectivity index (χ3n) is 4.48. The Morgan fingerprint density at radius 2 is 2.04 bits per heavy atom. The van der Waals surface area contributed by atoms with Crippen molar-refractivity contribution in [3.05, 3.63) is 53.9 Å². The van der Waals surface area contributed by atoms with Gasteiger partial charge in [0.15, 0.2) is 9.84 Å². The predicted octanol–water partition coefficient (Wildman–Crippen LogP) is 2.93. The lowest BCUT2D eigenvalue weighted by molar-refractivity contribution is 0.102. The molecule has 0 unspecified atom stereocenters. The summed E-state index contributed by atoms with van der Waals surface area (Å²) in [5.41, 5.74) is 2.45. The second-order valence-corrected chi connectivity index (χ2v) is 8.23. The molecule has 0 atom stereocenters. The number of aromatic amines is 1. The average Bonchev–Trinajstić information content (AvgIpc) is 3.02. The minimum atomic E-state index is -3.33. The third-order valence-corrected chi connectivity index (χ3v) is 6.36. The molecule has 7 heteroatoms. The number of anilines is 1. The lowest BCUT2D eigenvalue weighted by Gasteiger charge is -2.10. The number of carbonyl (C=O) groups excluding carboxylic acids is 1. The van der Waals surface area contributed by atoms with Gasteiger partial charge in [0.05, 0.1) is 16.3 Å². The second-order valence-electron chi connectivity index (χ2n) is 6.15. The Morgan fingerprint density at radius 3 is 2.92 bits per heavy atom. The van der Waals surface area contributed by atoms with E-state index in [4.69, 9.17) is 0 Å². The molecule has 0 fully saturated rings. The minimum Gasteiger partial charge on any atom is -0.346 e. The Hall–Kier alpha value is -2.67. The molecule has 0 saturated carbocycles. The number of pyridine rings is 1. The Kier molecular flexibility index (Phi) is 3.80. The van der Waals surface area contributed by atoms with Crippen molar-refractivity contribution in [2.75, 3.05) is 11.1 Å². The quantitative estimate of drug-likeness (QED) is 0.739.